The Hall–Kier alpha value is -3.19. The largest absolute Gasteiger partial charge is 0.507 e. The van der Waals surface area contributed by atoms with Crippen molar-refractivity contribution in [1.29, 1.82) is 0 Å². The van der Waals surface area contributed by atoms with Gasteiger partial charge in [-0.25, -0.2) is 4.98 Å². The van der Waals surface area contributed by atoms with Crippen LogP contribution in [0.4, 0.5) is 5.69 Å². The van der Waals surface area contributed by atoms with Crippen LogP contribution in [0.25, 0.3) is 11.3 Å². The van der Waals surface area contributed by atoms with Gasteiger partial charge in [-0.05, 0) is 44.0 Å². The normalized spacial score (nSPS) is 16.0. The van der Waals surface area contributed by atoms with Crippen molar-refractivity contribution in [2.75, 3.05) is 11.9 Å². The number of rotatable bonds is 4. The second kappa shape index (κ2) is 8.05. The van der Waals surface area contributed by atoms with Crippen LogP contribution in [0.2, 0.25) is 0 Å². The zero-order valence-electron chi connectivity index (χ0n) is 16.0. The fourth-order valence-corrected chi connectivity index (χ4v) is 4.19. The lowest BCUT2D eigenvalue weighted by molar-refractivity contribution is -0.119. The van der Waals surface area contributed by atoms with Crippen molar-refractivity contribution < 1.29 is 14.7 Å². The van der Waals surface area contributed by atoms with Crippen LogP contribution < -0.4 is 5.32 Å². The summed E-state index contributed by atoms with van der Waals surface area (Å²) >= 11 is 1.58. The van der Waals surface area contributed by atoms with Gasteiger partial charge in [0.25, 0.3) is 5.91 Å². The summed E-state index contributed by atoms with van der Waals surface area (Å²) in [6.45, 7) is 2.44. The van der Waals surface area contributed by atoms with Crippen molar-refractivity contribution in [3.05, 3.63) is 64.5 Å². The first-order valence-electron chi connectivity index (χ1n) is 9.45. The van der Waals surface area contributed by atoms with E-state index >= 15 is 0 Å². The van der Waals surface area contributed by atoms with Gasteiger partial charge in [0.05, 0.1) is 16.3 Å². The minimum absolute atomic E-state index is 0.0742. The van der Waals surface area contributed by atoms with E-state index in [1.807, 2.05) is 36.6 Å². The highest BCUT2D eigenvalue weighted by molar-refractivity contribution is 7.09. The summed E-state index contributed by atoms with van der Waals surface area (Å²) in [6.07, 6.45) is 1.34. The first-order chi connectivity index (χ1) is 14.0. The van der Waals surface area contributed by atoms with Gasteiger partial charge < -0.3 is 15.3 Å². The Bertz CT molecular complexity index is 1060. The third-order valence-electron chi connectivity index (χ3n) is 5.00. The summed E-state index contributed by atoms with van der Waals surface area (Å²) in [7, 11) is 0. The molecular formula is C22H21N3O3S. The van der Waals surface area contributed by atoms with Crippen LogP contribution in [0.1, 0.15) is 28.2 Å². The number of carbonyl (C=O) groups is 2. The molecule has 29 heavy (non-hydrogen) atoms. The van der Waals surface area contributed by atoms with Gasteiger partial charge in [0.15, 0.2) is 0 Å². The standard InChI is InChI=1S/C22H21N3O3S/c1-14-23-18(13-29-14)15-6-4-7-16(12-15)24-21(27)19-9-5-11-25(19)22(28)17-8-2-3-10-20(17)26/h2-4,6-8,10,12-13,19,26H,5,9,11H2,1H3,(H,24,27). The third kappa shape index (κ3) is 4.00. The molecule has 2 aromatic carbocycles. The van der Waals surface area contributed by atoms with E-state index in [1.54, 1.807) is 29.5 Å². The molecule has 0 spiro atoms. The summed E-state index contributed by atoms with van der Waals surface area (Å²) in [5.41, 5.74) is 2.69. The van der Waals surface area contributed by atoms with Gasteiger partial charge in [-0.15, -0.1) is 11.3 Å². The predicted molar refractivity (Wildman–Crippen MR) is 113 cm³/mol. The first-order valence-corrected chi connectivity index (χ1v) is 10.3. The summed E-state index contributed by atoms with van der Waals surface area (Å²) in [5, 5.41) is 15.9. The Labute approximate surface area is 172 Å². The monoisotopic (exact) mass is 407 g/mol. The second-order valence-electron chi connectivity index (χ2n) is 7.00. The minimum Gasteiger partial charge on any atom is -0.507 e. The summed E-state index contributed by atoms with van der Waals surface area (Å²) in [6, 6.07) is 13.4. The molecule has 0 radical (unpaired) electrons. The van der Waals surface area contributed by atoms with Crippen molar-refractivity contribution in [1.82, 2.24) is 9.88 Å². The molecular weight excluding hydrogens is 386 g/mol. The number of aromatic hydroxyl groups is 1. The van der Waals surface area contributed by atoms with Crippen LogP contribution in [-0.4, -0.2) is 39.4 Å². The summed E-state index contributed by atoms with van der Waals surface area (Å²) in [4.78, 5) is 31.8. The number of aryl methyl sites for hydroxylation is 1. The molecule has 3 aromatic rings. The quantitative estimate of drug-likeness (QED) is 0.683. The average Bonchev–Trinajstić information content (AvgIpc) is 3.37. The number of hydrogen-bond donors (Lipinski definition) is 2. The lowest BCUT2D eigenvalue weighted by atomic mass is 10.1. The van der Waals surface area contributed by atoms with Crippen LogP contribution in [0.15, 0.2) is 53.9 Å². The fourth-order valence-electron chi connectivity index (χ4n) is 3.57. The molecule has 1 saturated heterocycles. The molecule has 2 N–H and O–H groups in total. The Morgan fingerprint density at radius 1 is 1.21 bits per heavy atom. The van der Waals surface area contributed by atoms with Crippen molar-refractivity contribution in [2.24, 2.45) is 0 Å². The molecule has 7 heteroatoms. The molecule has 1 unspecified atom stereocenters. The van der Waals surface area contributed by atoms with Gasteiger partial charge in [0.1, 0.15) is 11.8 Å². The van der Waals surface area contributed by atoms with Crippen LogP contribution in [0.5, 0.6) is 5.75 Å². The number of phenolic OH excluding ortho intramolecular Hbond substituents is 1. The van der Waals surface area contributed by atoms with Crippen molar-refractivity contribution in [2.45, 2.75) is 25.8 Å². The number of benzene rings is 2. The van der Waals surface area contributed by atoms with Gasteiger partial charge >= 0.3 is 0 Å². The topological polar surface area (TPSA) is 82.5 Å². The number of thiazole rings is 1. The Morgan fingerprint density at radius 3 is 2.79 bits per heavy atom. The van der Waals surface area contributed by atoms with E-state index in [0.29, 0.717) is 18.7 Å². The average molecular weight is 407 g/mol. The van der Waals surface area contributed by atoms with Gasteiger partial charge in [-0.2, -0.15) is 0 Å². The van der Waals surface area contributed by atoms with E-state index in [0.717, 1.165) is 22.7 Å². The maximum atomic E-state index is 12.9. The van der Waals surface area contributed by atoms with Gasteiger partial charge in [-0.1, -0.05) is 24.3 Å². The third-order valence-corrected chi connectivity index (χ3v) is 5.77. The number of phenols is 1. The van der Waals surface area contributed by atoms with Gasteiger partial charge in [-0.3, -0.25) is 9.59 Å². The maximum Gasteiger partial charge on any atom is 0.258 e. The zero-order chi connectivity index (χ0) is 20.4. The number of nitrogens with one attached hydrogen (secondary N) is 1. The molecule has 1 aliphatic heterocycles. The van der Waals surface area contributed by atoms with E-state index in [1.165, 1.54) is 11.0 Å². The highest BCUT2D eigenvalue weighted by Crippen LogP contribution is 2.27. The Morgan fingerprint density at radius 2 is 2.03 bits per heavy atom. The molecule has 2 heterocycles. The molecule has 6 nitrogen and oxygen atoms in total. The van der Waals surface area contributed by atoms with Gasteiger partial charge in [0.2, 0.25) is 5.91 Å². The highest BCUT2D eigenvalue weighted by atomic mass is 32.1. The van der Waals surface area contributed by atoms with E-state index < -0.39 is 6.04 Å². The van der Waals surface area contributed by atoms with Crippen LogP contribution in [-0.2, 0) is 4.79 Å². The molecule has 0 saturated carbocycles. The predicted octanol–water partition coefficient (Wildman–Crippen LogP) is 4.07. The molecule has 1 aliphatic rings. The number of likely N-dealkylation sites (tertiary alicyclic amines) is 1. The lowest BCUT2D eigenvalue weighted by Gasteiger charge is -2.24. The number of nitrogens with zero attached hydrogens (tertiary/aromatic N) is 2. The van der Waals surface area contributed by atoms with Crippen LogP contribution >= 0.6 is 11.3 Å². The number of carbonyl (C=O) groups excluding carboxylic acids is 2. The van der Waals surface area contributed by atoms with Crippen LogP contribution in [0.3, 0.4) is 0 Å². The second-order valence-corrected chi connectivity index (χ2v) is 8.06. The van der Waals surface area contributed by atoms with Gasteiger partial charge in [0, 0.05) is 23.2 Å². The van der Waals surface area contributed by atoms with E-state index in [-0.39, 0.29) is 23.1 Å². The van der Waals surface area contributed by atoms with E-state index in [9.17, 15) is 14.7 Å². The SMILES string of the molecule is Cc1nc(-c2cccc(NC(=O)C3CCCN3C(=O)c3ccccc3O)c2)cs1. The van der Waals surface area contributed by atoms with E-state index in [2.05, 4.69) is 10.3 Å². The van der Waals surface area contributed by atoms with Crippen molar-refractivity contribution in [3.8, 4) is 17.0 Å². The number of para-hydroxylation sites is 1. The molecule has 0 bridgehead atoms. The van der Waals surface area contributed by atoms with Crippen molar-refractivity contribution in [3.63, 3.8) is 0 Å². The van der Waals surface area contributed by atoms with Crippen molar-refractivity contribution >= 4 is 28.8 Å². The van der Waals surface area contributed by atoms with Crippen LogP contribution in [0, 0.1) is 6.92 Å². The molecule has 2 amide bonds. The zero-order valence-corrected chi connectivity index (χ0v) is 16.8. The summed E-state index contributed by atoms with van der Waals surface area (Å²) in [5.74, 6) is -0.625. The Kier molecular flexibility index (Phi) is 5.31. The molecule has 0 aliphatic carbocycles. The molecule has 1 atom stereocenters. The Balaban J connectivity index is 1.51. The number of aromatic nitrogens is 1. The smallest absolute Gasteiger partial charge is 0.258 e. The maximum absolute atomic E-state index is 12.9. The summed E-state index contributed by atoms with van der Waals surface area (Å²) < 4.78 is 0. The first kappa shape index (κ1) is 19.1. The minimum atomic E-state index is -0.563. The lowest BCUT2D eigenvalue weighted by Crippen LogP contribution is -2.43. The molecule has 1 fully saturated rings. The molecule has 148 valence electrons. The number of amides is 2. The number of anilines is 1. The number of hydrogen-bond acceptors (Lipinski definition) is 5. The molecule has 4 rings (SSSR count). The van der Waals surface area contributed by atoms with E-state index in [4.69, 9.17) is 0 Å². The highest BCUT2D eigenvalue weighted by Gasteiger charge is 2.35. The fraction of sp³-hybridized carbons (Fsp3) is 0.227. The molecule has 1 aromatic heterocycles.